The van der Waals surface area contributed by atoms with E-state index in [0.29, 0.717) is 19.1 Å². The van der Waals surface area contributed by atoms with Gasteiger partial charge in [0.1, 0.15) is 0 Å². The summed E-state index contributed by atoms with van der Waals surface area (Å²) in [5.74, 6) is 0.370. The molecule has 0 radical (unpaired) electrons. The maximum atomic E-state index is 11.5. The second kappa shape index (κ2) is 9.60. The van der Waals surface area contributed by atoms with Gasteiger partial charge in [0.25, 0.3) is 0 Å². The fourth-order valence-corrected chi connectivity index (χ4v) is 1.34. The molecule has 0 spiro atoms. The highest BCUT2D eigenvalue weighted by atomic mass is 16.5. The van der Waals surface area contributed by atoms with Crippen molar-refractivity contribution in [3.8, 4) is 0 Å². The molecule has 16 heavy (non-hydrogen) atoms. The van der Waals surface area contributed by atoms with Gasteiger partial charge in [-0.25, -0.2) is 0 Å². The van der Waals surface area contributed by atoms with Gasteiger partial charge in [-0.1, -0.05) is 27.2 Å². The summed E-state index contributed by atoms with van der Waals surface area (Å²) in [6, 6.07) is -0.393. The van der Waals surface area contributed by atoms with Crippen LogP contribution in [0.1, 0.15) is 40.0 Å². The van der Waals surface area contributed by atoms with Crippen molar-refractivity contribution in [3.05, 3.63) is 0 Å². The molecular weight excluding hydrogens is 204 g/mol. The summed E-state index contributed by atoms with van der Waals surface area (Å²) in [5.41, 5.74) is 5.73. The lowest BCUT2D eigenvalue weighted by Crippen LogP contribution is -2.42. The summed E-state index contributed by atoms with van der Waals surface area (Å²) < 4.78 is 5.33. The minimum atomic E-state index is -0.393. The number of hydrogen-bond acceptors (Lipinski definition) is 3. The summed E-state index contributed by atoms with van der Waals surface area (Å²) in [5, 5.41) is 2.78. The summed E-state index contributed by atoms with van der Waals surface area (Å²) in [6.45, 7) is 8.12. The van der Waals surface area contributed by atoms with Crippen molar-refractivity contribution in [1.29, 1.82) is 0 Å². The Hall–Kier alpha value is -0.610. The third-order valence-electron chi connectivity index (χ3n) is 2.25. The van der Waals surface area contributed by atoms with Crippen LogP contribution in [0.5, 0.6) is 0 Å². The predicted octanol–water partition coefficient (Wildman–Crippen LogP) is 1.29. The predicted molar refractivity (Wildman–Crippen MR) is 66.2 cm³/mol. The summed E-state index contributed by atoms with van der Waals surface area (Å²) in [4.78, 5) is 11.5. The number of hydrogen-bond donors (Lipinski definition) is 2. The van der Waals surface area contributed by atoms with Gasteiger partial charge in [0.2, 0.25) is 5.91 Å². The standard InChI is InChI=1S/C12H26N2O2/c1-4-5-7-16-8-6-14-12(15)11(13)9-10(2)3/h10-11H,4-9,13H2,1-3H3,(H,14,15). The van der Waals surface area contributed by atoms with Crippen molar-refractivity contribution in [1.82, 2.24) is 5.32 Å². The lowest BCUT2D eigenvalue weighted by atomic mass is 10.0. The second-order valence-corrected chi connectivity index (χ2v) is 4.49. The molecule has 1 atom stereocenters. The number of unbranched alkanes of at least 4 members (excludes halogenated alkanes) is 1. The highest BCUT2D eigenvalue weighted by Gasteiger charge is 2.13. The molecule has 0 aliphatic rings. The maximum absolute atomic E-state index is 11.5. The average molecular weight is 230 g/mol. The topological polar surface area (TPSA) is 64.3 Å². The first kappa shape index (κ1) is 15.4. The zero-order valence-corrected chi connectivity index (χ0v) is 10.8. The number of nitrogens with one attached hydrogen (secondary N) is 1. The molecule has 0 saturated carbocycles. The van der Waals surface area contributed by atoms with Gasteiger partial charge in [-0.05, 0) is 18.8 Å². The Bertz CT molecular complexity index is 184. The molecule has 0 fully saturated rings. The first-order chi connectivity index (χ1) is 7.57. The maximum Gasteiger partial charge on any atom is 0.237 e. The van der Waals surface area contributed by atoms with Crippen LogP contribution < -0.4 is 11.1 Å². The van der Waals surface area contributed by atoms with E-state index in [4.69, 9.17) is 10.5 Å². The van der Waals surface area contributed by atoms with Crippen molar-refractivity contribution in [2.24, 2.45) is 11.7 Å². The summed E-state index contributed by atoms with van der Waals surface area (Å²) in [6.07, 6.45) is 2.93. The van der Waals surface area contributed by atoms with Gasteiger partial charge in [0.05, 0.1) is 12.6 Å². The minimum absolute atomic E-state index is 0.0761. The van der Waals surface area contributed by atoms with E-state index in [1.165, 1.54) is 0 Å². The van der Waals surface area contributed by atoms with Gasteiger partial charge in [-0.15, -0.1) is 0 Å². The number of amides is 1. The SMILES string of the molecule is CCCCOCCNC(=O)C(N)CC(C)C. The van der Waals surface area contributed by atoms with Gasteiger partial charge in [0.15, 0.2) is 0 Å². The molecule has 0 aromatic heterocycles. The molecule has 0 bridgehead atoms. The van der Waals surface area contributed by atoms with Crippen molar-refractivity contribution in [2.45, 2.75) is 46.1 Å². The Morgan fingerprint density at radius 3 is 2.62 bits per heavy atom. The molecule has 0 aromatic rings. The number of nitrogens with two attached hydrogens (primary N) is 1. The lowest BCUT2D eigenvalue weighted by Gasteiger charge is -2.14. The Morgan fingerprint density at radius 1 is 1.38 bits per heavy atom. The minimum Gasteiger partial charge on any atom is -0.380 e. The van der Waals surface area contributed by atoms with Crippen molar-refractivity contribution < 1.29 is 9.53 Å². The van der Waals surface area contributed by atoms with E-state index < -0.39 is 6.04 Å². The van der Waals surface area contributed by atoms with Crippen LogP contribution in [-0.2, 0) is 9.53 Å². The van der Waals surface area contributed by atoms with Crippen LogP contribution in [0, 0.1) is 5.92 Å². The quantitative estimate of drug-likeness (QED) is 0.587. The Morgan fingerprint density at radius 2 is 2.06 bits per heavy atom. The van der Waals surface area contributed by atoms with E-state index in [2.05, 4.69) is 26.1 Å². The smallest absolute Gasteiger partial charge is 0.237 e. The second-order valence-electron chi connectivity index (χ2n) is 4.49. The van der Waals surface area contributed by atoms with E-state index in [1.54, 1.807) is 0 Å². The number of rotatable bonds is 9. The molecule has 0 heterocycles. The fraction of sp³-hybridized carbons (Fsp3) is 0.917. The molecule has 4 heteroatoms. The number of ether oxygens (including phenoxy) is 1. The Balaban J connectivity index is 3.42. The zero-order valence-electron chi connectivity index (χ0n) is 10.8. The first-order valence-electron chi connectivity index (χ1n) is 6.19. The van der Waals surface area contributed by atoms with Crippen molar-refractivity contribution in [2.75, 3.05) is 19.8 Å². The van der Waals surface area contributed by atoms with Crippen LogP contribution >= 0.6 is 0 Å². The highest BCUT2D eigenvalue weighted by Crippen LogP contribution is 2.02. The number of carbonyl (C=O) groups is 1. The Labute approximate surface area is 98.9 Å². The monoisotopic (exact) mass is 230 g/mol. The largest absolute Gasteiger partial charge is 0.380 e. The molecule has 0 saturated heterocycles. The normalized spacial score (nSPS) is 12.8. The van der Waals surface area contributed by atoms with Gasteiger partial charge in [-0.3, -0.25) is 4.79 Å². The molecule has 0 aliphatic heterocycles. The molecule has 0 aromatic carbocycles. The zero-order chi connectivity index (χ0) is 12.4. The molecule has 0 aliphatic carbocycles. The van der Waals surface area contributed by atoms with Gasteiger partial charge in [-0.2, -0.15) is 0 Å². The third kappa shape index (κ3) is 8.68. The lowest BCUT2D eigenvalue weighted by molar-refractivity contribution is -0.122. The van der Waals surface area contributed by atoms with E-state index in [1.807, 2.05) is 0 Å². The third-order valence-corrected chi connectivity index (χ3v) is 2.25. The van der Waals surface area contributed by atoms with Crippen LogP contribution in [0.3, 0.4) is 0 Å². The van der Waals surface area contributed by atoms with Gasteiger partial charge in [0, 0.05) is 13.2 Å². The van der Waals surface area contributed by atoms with E-state index in [9.17, 15) is 4.79 Å². The molecule has 4 nitrogen and oxygen atoms in total. The summed E-state index contributed by atoms with van der Waals surface area (Å²) >= 11 is 0. The molecular formula is C12H26N2O2. The fourth-order valence-electron chi connectivity index (χ4n) is 1.34. The van der Waals surface area contributed by atoms with E-state index >= 15 is 0 Å². The van der Waals surface area contributed by atoms with Crippen LogP contribution in [0.4, 0.5) is 0 Å². The van der Waals surface area contributed by atoms with Crippen LogP contribution in [0.2, 0.25) is 0 Å². The van der Waals surface area contributed by atoms with Crippen LogP contribution in [-0.4, -0.2) is 31.7 Å². The van der Waals surface area contributed by atoms with Crippen LogP contribution in [0.25, 0.3) is 0 Å². The van der Waals surface area contributed by atoms with Crippen molar-refractivity contribution >= 4 is 5.91 Å². The average Bonchev–Trinajstić information content (AvgIpc) is 2.21. The van der Waals surface area contributed by atoms with Gasteiger partial charge >= 0.3 is 0 Å². The molecule has 96 valence electrons. The highest BCUT2D eigenvalue weighted by molar-refractivity contribution is 5.81. The molecule has 1 unspecified atom stereocenters. The Kier molecular flexibility index (Phi) is 9.24. The summed E-state index contributed by atoms with van der Waals surface area (Å²) in [7, 11) is 0. The number of carbonyl (C=O) groups excluding carboxylic acids is 1. The molecule has 3 N–H and O–H groups in total. The first-order valence-corrected chi connectivity index (χ1v) is 6.19. The van der Waals surface area contributed by atoms with Crippen LogP contribution in [0.15, 0.2) is 0 Å². The van der Waals surface area contributed by atoms with Crippen molar-refractivity contribution in [3.63, 3.8) is 0 Å². The molecule has 0 rings (SSSR count). The molecule has 1 amide bonds. The van der Waals surface area contributed by atoms with E-state index in [0.717, 1.165) is 25.9 Å². The van der Waals surface area contributed by atoms with Gasteiger partial charge < -0.3 is 15.8 Å². The van der Waals surface area contributed by atoms with E-state index in [-0.39, 0.29) is 5.91 Å².